The average molecular weight is 500 g/mol. The van der Waals surface area contributed by atoms with Crippen LogP contribution >= 0.6 is 0 Å². The van der Waals surface area contributed by atoms with Crippen molar-refractivity contribution in [3.63, 3.8) is 0 Å². The Balaban J connectivity index is 0. The van der Waals surface area contributed by atoms with Gasteiger partial charge in [0, 0.05) is 26.4 Å². The van der Waals surface area contributed by atoms with Gasteiger partial charge in [-0.25, -0.2) is 0 Å². The molecular weight excluding hydrogens is 467 g/mol. The summed E-state index contributed by atoms with van der Waals surface area (Å²) in [5.74, 6) is 0. The van der Waals surface area contributed by atoms with Gasteiger partial charge in [-0.3, -0.25) is 9.11 Å². The molecule has 0 aromatic carbocycles. The lowest BCUT2D eigenvalue weighted by Gasteiger charge is -2.33. The molecule has 13 nitrogen and oxygen atoms in total. The summed E-state index contributed by atoms with van der Waals surface area (Å²) in [6, 6.07) is 0.963. The topological polar surface area (TPSA) is 206 Å². The fourth-order valence-corrected chi connectivity index (χ4v) is 6.05. The van der Waals surface area contributed by atoms with Crippen LogP contribution in [0.3, 0.4) is 0 Å². The van der Waals surface area contributed by atoms with E-state index in [1.807, 2.05) is 0 Å². The van der Waals surface area contributed by atoms with Crippen LogP contribution < -0.4 is 0 Å². The molecule has 0 aliphatic carbocycles. The molecule has 0 aromatic heterocycles. The monoisotopic (exact) mass is 500 g/mol. The van der Waals surface area contributed by atoms with Crippen LogP contribution in [-0.2, 0) is 38.3 Å². The first kappa shape index (κ1) is 32.0. The number of hydrogen-bond acceptors (Lipinski definition) is 11. The van der Waals surface area contributed by atoms with E-state index in [0.717, 1.165) is 18.9 Å². The van der Waals surface area contributed by atoms with Gasteiger partial charge in [0.1, 0.15) is 0 Å². The summed E-state index contributed by atoms with van der Waals surface area (Å²) < 4.78 is 81.0. The van der Waals surface area contributed by atoms with Crippen LogP contribution in [0.4, 0.5) is 0 Å². The van der Waals surface area contributed by atoms with Gasteiger partial charge >= 0.3 is 16.1 Å². The Morgan fingerprint density at radius 3 is 1.57 bits per heavy atom. The van der Waals surface area contributed by atoms with E-state index in [4.69, 9.17) is 37.5 Å². The maximum atomic E-state index is 10.7. The molecule has 1 heterocycles. The Kier molecular flexibility index (Phi) is 15.8. The third-order valence-electron chi connectivity index (χ3n) is 3.73. The Hall–Kier alpha value is -0.178. The summed E-state index contributed by atoms with van der Waals surface area (Å²) in [6.07, 6.45) is 2.35. The summed E-state index contributed by atoms with van der Waals surface area (Å²) >= 11 is 0. The van der Waals surface area contributed by atoms with E-state index in [2.05, 4.69) is 11.7 Å². The number of ether oxygens (including phenoxy) is 1. The lowest BCUT2D eigenvalue weighted by molar-refractivity contribution is 0.0419. The molecule has 182 valence electrons. The summed E-state index contributed by atoms with van der Waals surface area (Å²) in [4.78, 5) is 0. The van der Waals surface area contributed by atoms with Gasteiger partial charge in [-0.15, -0.1) is 0 Å². The highest BCUT2D eigenvalue weighted by molar-refractivity contribution is 7.87. The molecule has 3 atom stereocenters. The lowest BCUT2D eigenvalue weighted by atomic mass is 10.2. The molecule has 1 rings (SSSR count). The molecule has 1 aliphatic rings. The summed E-state index contributed by atoms with van der Waals surface area (Å²) in [7, 11) is -9.97. The van der Waals surface area contributed by atoms with Crippen molar-refractivity contribution in [2.75, 3.05) is 14.2 Å². The van der Waals surface area contributed by atoms with E-state index in [0.29, 0.717) is 6.10 Å². The molecule has 17 heteroatoms. The summed E-state index contributed by atoms with van der Waals surface area (Å²) in [5.41, 5.74) is -3.30. The van der Waals surface area contributed by atoms with E-state index in [9.17, 15) is 16.8 Å². The van der Waals surface area contributed by atoms with Gasteiger partial charge in [-0.1, -0.05) is 13.8 Å². The van der Waals surface area contributed by atoms with E-state index in [1.54, 1.807) is 14.2 Å². The molecule has 0 aromatic rings. The second kappa shape index (κ2) is 14.8. The van der Waals surface area contributed by atoms with Crippen LogP contribution in [0.2, 0.25) is 6.04 Å². The predicted molar refractivity (Wildman–Crippen MR) is 109 cm³/mol. The van der Waals surface area contributed by atoms with Crippen molar-refractivity contribution in [2.45, 2.75) is 69.5 Å². The van der Waals surface area contributed by atoms with E-state index in [1.165, 1.54) is 13.8 Å². The first-order chi connectivity index (χ1) is 13.6. The Labute approximate surface area is 179 Å². The van der Waals surface area contributed by atoms with Gasteiger partial charge in [0.15, 0.2) is 10.9 Å². The molecule has 1 saturated heterocycles. The second-order valence-corrected chi connectivity index (χ2v) is 12.1. The smallest absolute Gasteiger partial charge is 0.402 e. The minimum absolute atomic E-state index is 0.120. The van der Waals surface area contributed by atoms with Crippen molar-refractivity contribution in [3.8, 4) is 0 Å². The standard InChI is InChI=1S/C7H16O3Si.C6H14O7S2.BH3O3/c1-7-5-4-6-11(8-2,9-3)10-7;1-3-5(14(7,8)9)13-6(4-2)15(10,11)12;2-1(3)4/h7H,4-6H2,1-3H3;5-6H,3-4H2,1-2H3,(H,7,8,9)(H,10,11,12);2-4H. The summed E-state index contributed by atoms with van der Waals surface area (Å²) in [5, 5.41) is 21.5. The molecule has 3 unspecified atom stereocenters. The zero-order valence-electron chi connectivity index (χ0n) is 17.7. The fourth-order valence-electron chi connectivity index (χ4n) is 2.34. The van der Waals surface area contributed by atoms with E-state index >= 15 is 0 Å². The van der Waals surface area contributed by atoms with Crippen LogP contribution in [0.25, 0.3) is 0 Å². The van der Waals surface area contributed by atoms with Crippen molar-refractivity contribution in [1.29, 1.82) is 0 Å². The van der Waals surface area contributed by atoms with E-state index in [-0.39, 0.29) is 12.8 Å². The Morgan fingerprint density at radius 2 is 1.37 bits per heavy atom. The van der Waals surface area contributed by atoms with E-state index < -0.39 is 47.2 Å². The van der Waals surface area contributed by atoms with Crippen LogP contribution in [-0.4, -0.2) is 88.3 Å². The molecule has 1 aliphatic heterocycles. The number of hydrogen-bond donors (Lipinski definition) is 5. The highest BCUT2D eigenvalue weighted by atomic mass is 32.2. The average Bonchev–Trinajstić information content (AvgIpc) is 2.60. The highest BCUT2D eigenvalue weighted by Crippen LogP contribution is 2.26. The molecule has 0 radical (unpaired) electrons. The summed E-state index contributed by atoms with van der Waals surface area (Å²) in [6.45, 7) is 4.86. The van der Waals surface area contributed by atoms with Crippen molar-refractivity contribution < 1.29 is 59.0 Å². The van der Waals surface area contributed by atoms with Crippen molar-refractivity contribution >= 4 is 36.4 Å². The maximum absolute atomic E-state index is 10.7. The quantitative estimate of drug-likeness (QED) is 0.213. The van der Waals surface area contributed by atoms with Gasteiger partial charge in [0.25, 0.3) is 20.2 Å². The van der Waals surface area contributed by atoms with Gasteiger partial charge in [0.2, 0.25) is 0 Å². The third-order valence-corrected chi connectivity index (χ3v) is 8.92. The second-order valence-electron chi connectivity index (χ2n) is 6.10. The van der Waals surface area contributed by atoms with Gasteiger partial charge in [-0.05, 0) is 32.6 Å². The SMILES string of the molecule is CCC(OC(CC)S(=O)(=O)O)S(=O)(=O)O.CO[Si]1(OC)CCCC(C)O1.OB(O)O. The fraction of sp³-hybridized carbons (Fsp3) is 1.00. The van der Waals surface area contributed by atoms with Crippen LogP contribution in [0.5, 0.6) is 0 Å². The zero-order chi connectivity index (χ0) is 24.2. The highest BCUT2D eigenvalue weighted by Gasteiger charge is 2.42. The van der Waals surface area contributed by atoms with Crippen molar-refractivity contribution in [1.82, 2.24) is 0 Å². The normalized spacial score (nSPS) is 20.7. The minimum Gasteiger partial charge on any atom is -0.402 e. The maximum Gasteiger partial charge on any atom is 0.631 e. The van der Waals surface area contributed by atoms with Gasteiger partial charge in [0.05, 0.1) is 0 Å². The Morgan fingerprint density at radius 1 is 1.00 bits per heavy atom. The van der Waals surface area contributed by atoms with Crippen LogP contribution in [0.1, 0.15) is 46.5 Å². The molecule has 0 amide bonds. The van der Waals surface area contributed by atoms with Crippen LogP contribution in [0, 0.1) is 0 Å². The Bertz CT molecular complexity index is 613. The van der Waals surface area contributed by atoms with Crippen molar-refractivity contribution in [3.05, 3.63) is 0 Å². The molecule has 5 N–H and O–H groups in total. The first-order valence-corrected chi connectivity index (χ1v) is 13.9. The molecule has 1 fully saturated rings. The number of rotatable bonds is 8. The first-order valence-electron chi connectivity index (χ1n) is 8.98. The molecular formula is C13H33BO13S2Si. The lowest BCUT2D eigenvalue weighted by Crippen LogP contribution is -2.48. The minimum atomic E-state index is -4.48. The van der Waals surface area contributed by atoms with Gasteiger partial charge in [-0.2, -0.15) is 16.8 Å². The van der Waals surface area contributed by atoms with Crippen molar-refractivity contribution in [2.24, 2.45) is 0 Å². The third kappa shape index (κ3) is 14.0. The largest absolute Gasteiger partial charge is 0.631 e. The van der Waals surface area contributed by atoms with Crippen LogP contribution in [0.15, 0.2) is 0 Å². The molecule has 0 bridgehead atoms. The molecule has 0 spiro atoms. The molecule has 30 heavy (non-hydrogen) atoms. The zero-order valence-corrected chi connectivity index (χ0v) is 20.3. The molecule has 0 saturated carbocycles. The predicted octanol–water partition coefficient (Wildman–Crippen LogP) is -0.384. The van der Waals surface area contributed by atoms with Gasteiger partial charge < -0.3 is 33.1 Å².